The number of hydrogen-bond donors (Lipinski definition) is 2. The van der Waals surface area contributed by atoms with E-state index in [0.29, 0.717) is 16.7 Å². The minimum absolute atomic E-state index is 0.0761. The summed E-state index contributed by atoms with van der Waals surface area (Å²) in [6.07, 6.45) is 1.59. The second kappa shape index (κ2) is 6.50. The monoisotopic (exact) mass is 328 g/mol. The van der Waals surface area contributed by atoms with Crippen LogP contribution in [0.5, 0.6) is 11.5 Å². The van der Waals surface area contributed by atoms with Gasteiger partial charge in [0.25, 0.3) is 0 Å². The predicted molar refractivity (Wildman–Crippen MR) is 90.4 cm³/mol. The van der Waals surface area contributed by atoms with E-state index in [2.05, 4.69) is 20.7 Å². The highest BCUT2D eigenvalue weighted by molar-refractivity contribution is 6.34. The molecule has 3 aromatic rings. The lowest BCUT2D eigenvalue weighted by Gasteiger charge is -2.05. The van der Waals surface area contributed by atoms with Crippen molar-refractivity contribution >= 4 is 34.4 Å². The zero-order chi connectivity index (χ0) is 16.2. The molecule has 116 valence electrons. The average molecular weight is 329 g/mol. The number of nitrogens with one attached hydrogen (secondary N) is 1. The van der Waals surface area contributed by atoms with Gasteiger partial charge in [-0.2, -0.15) is 5.10 Å². The minimum atomic E-state index is 0.0761. The third-order valence-corrected chi connectivity index (χ3v) is 3.51. The Labute approximate surface area is 137 Å². The molecule has 1 heterocycles. The first-order chi connectivity index (χ1) is 11.2. The van der Waals surface area contributed by atoms with Crippen molar-refractivity contribution in [1.82, 2.24) is 10.2 Å². The fraction of sp³-hybridized carbons (Fsp3) is 0.0625. The van der Waals surface area contributed by atoms with Crippen LogP contribution in [0.15, 0.2) is 47.6 Å². The van der Waals surface area contributed by atoms with Crippen LogP contribution in [0.1, 0.15) is 5.56 Å². The molecule has 2 aromatic carbocycles. The van der Waals surface area contributed by atoms with Gasteiger partial charge in [0.2, 0.25) is 0 Å². The van der Waals surface area contributed by atoms with E-state index < -0.39 is 0 Å². The number of aromatic hydroxyl groups is 1. The molecule has 0 spiro atoms. The maximum atomic E-state index is 9.57. The summed E-state index contributed by atoms with van der Waals surface area (Å²) in [7, 11) is 1.49. The Balaban J connectivity index is 1.85. The molecular weight excluding hydrogens is 316 g/mol. The van der Waals surface area contributed by atoms with E-state index in [9.17, 15) is 5.11 Å². The fourth-order valence-corrected chi connectivity index (χ4v) is 2.30. The standard InChI is InChI=1S/C16H13ClN4O2/c1-23-14-8-10(6-7-13(14)22)9-18-20-16-12-5-3-2-4-11(12)15(17)19-21-16/h2-9,22H,1H3,(H,20,21)/b18-9+. The minimum Gasteiger partial charge on any atom is -0.504 e. The van der Waals surface area contributed by atoms with Crippen LogP contribution in [0.4, 0.5) is 5.82 Å². The van der Waals surface area contributed by atoms with Crippen LogP contribution in [0.3, 0.4) is 0 Å². The molecule has 2 N–H and O–H groups in total. The van der Waals surface area contributed by atoms with Crippen LogP contribution in [0, 0.1) is 0 Å². The normalized spacial score (nSPS) is 11.0. The van der Waals surface area contributed by atoms with Crippen LogP contribution in [-0.2, 0) is 0 Å². The van der Waals surface area contributed by atoms with Crippen LogP contribution < -0.4 is 10.2 Å². The lowest BCUT2D eigenvalue weighted by atomic mass is 10.2. The van der Waals surface area contributed by atoms with Crippen LogP contribution >= 0.6 is 11.6 Å². The molecule has 6 nitrogen and oxygen atoms in total. The van der Waals surface area contributed by atoms with Crippen molar-refractivity contribution in [3.63, 3.8) is 0 Å². The quantitative estimate of drug-likeness (QED) is 0.566. The molecule has 0 unspecified atom stereocenters. The van der Waals surface area contributed by atoms with E-state index >= 15 is 0 Å². The maximum Gasteiger partial charge on any atom is 0.176 e. The van der Waals surface area contributed by atoms with Crippen molar-refractivity contribution < 1.29 is 9.84 Å². The smallest absolute Gasteiger partial charge is 0.176 e. The first-order valence-corrected chi connectivity index (χ1v) is 7.14. The molecule has 0 aliphatic rings. The van der Waals surface area contributed by atoms with Gasteiger partial charge < -0.3 is 9.84 Å². The highest BCUT2D eigenvalue weighted by atomic mass is 35.5. The Morgan fingerprint density at radius 3 is 2.74 bits per heavy atom. The molecule has 0 radical (unpaired) electrons. The van der Waals surface area contributed by atoms with Gasteiger partial charge in [-0.25, -0.2) is 0 Å². The van der Waals surface area contributed by atoms with Crippen molar-refractivity contribution in [3.8, 4) is 11.5 Å². The Morgan fingerprint density at radius 2 is 1.96 bits per heavy atom. The molecule has 0 amide bonds. The molecule has 0 saturated carbocycles. The van der Waals surface area contributed by atoms with Crippen molar-refractivity contribution in [1.29, 1.82) is 0 Å². The lowest BCUT2D eigenvalue weighted by molar-refractivity contribution is 0.373. The number of benzene rings is 2. The number of aromatic nitrogens is 2. The predicted octanol–water partition coefficient (Wildman–Crippen LogP) is 3.44. The summed E-state index contributed by atoms with van der Waals surface area (Å²) in [6, 6.07) is 12.5. The Bertz CT molecular complexity index is 883. The van der Waals surface area contributed by atoms with Gasteiger partial charge in [0.05, 0.1) is 13.3 Å². The summed E-state index contributed by atoms with van der Waals surface area (Å²) in [5.41, 5.74) is 3.61. The molecule has 0 bridgehead atoms. The number of halogens is 1. The zero-order valence-corrected chi connectivity index (χ0v) is 12.9. The SMILES string of the molecule is COc1cc(/C=N/Nc2nnc(Cl)c3ccccc23)ccc1O. The summed E-state index contributed by atoms with van der Waals surface area (Å²) >= 11 is 6.03. The molecular formula is C16H13ClN4O2. The molecule has 0 aliphatic heterocycles. The first-order valence-electron chi connectivity index (χ1n) is 6.76. The number of hydrazone groups is 1. The summed E-state index contributed by atoms with van der Waals surface area (Å²) in [5.74, 6) is 0.963. The third-order valence-electron chi connectivity index (χ3n) is 3.23. The van der Waals surface area contributed by atoms with Gasteiger partial charge in [0, 0.05) is 10.8 Å². The number of ether oxygens (including phenoxy) is 1. The topological polar surface area (TPSA) is 79.6 Å². The number of fused-ring (bicyclic) bond motifs is 1. The Hall–Kier alpha value is -2.86. The number of methoxy groups -OCH3 is 1. The largest absolute Gasteiger partial charge is 0.504 e. The fourth-order valence-electron chi connectivity index (χ4n) is 2.10. The average Bonchev–Trinajstić information content (AvgIpc) is 2.58. The van der Waals surface area contributed by atoms with E-state index in [0.717, 1.165) is 16.3 Å². The number of hydrogen-bond acceptors (Lipinski definition) is 6. The summed E-state index contributed by atoms with van der Waals surface area (Å²) < 4.78 is 5.05. The van der Waals surface area contributed by atoms with Crippen molar-refractivity contribution in [2.45, 2.75) is 0 Å². The van der Waals surface area contributed by atoms with Gasteiger partial charge in [-0.05, 0) is 23.8 Å². The van der Waals surface area contributed by atoms with Crippen molar-refractivity contribution in [3.05, 3.63) is 53.2 Å². The van der Waals surface area contributed by atoms with Crippen LogP contribution in [0.25, 0.3) is 10.8 Å². The molecule has 7 heteroatoms. The molecule has 1 aromatic heterocycles. The highest BCUT2D eigenvalue weighted by Gasteiger charge is 2.06. The van der Waals surface area contributed by atoms with Crippen LogP contribution in [-0.4, -0.2) is 28.6 Å². The first kappa shape index (κ1) is 15.1. The van der Waals surface area contributed by atoms with Gasteiger partial charge in [0.1, 0.15) is 0 Å². The Kier molecular flexibility index (Phi) is 4.25. The molecule has 0 fully saturated rings. The molecule has 0 saturated heterocycles. The molecule has 3 rings (SSSR count). The molecule has 0 aliphatic carbocycles. The van der Waals surface area contributed by atoms with Gasteiger partial charge in [-0.15, -0.1) is 10.2 Å². The van der Waals surface area contributed by atoms with Crippen molar-refractivity contribution in [2.75, 3.05) is 12.5 Å². The second-order valence-electron chi connectivity index (χ2n) is 4.69. The summed E-state index contributed by atoms with van der Waals surface area (Å²) in [6.45, 7) is 0. The number of phenolic OH excluding ortho intramolecular Hbond substituents is 1. The van der Waals surface area contributed by atoms with E-state index in [-0.39, 0.29) is 5.75 Å². The van der Waals surface area contributed by atoms with Crippen LogP contribution in [0.2, 0.25) is 5.15 Å². The molecule has 23 heavy (non-hydrogen) atoms. The van der Waals surface area contributed by atoms with Gasteiger partial charge in [0.15, 0.2) is 22.5 Å². The third kappa shape index (κ3) is 3.17. The van der Waals surface area contributed by atoms with Gasteiger partial charge in [-0.3, -0.25) is 5.43 Å². The van der Waals surface area contributed by atoms with E-state index in [4.69, 9.17) is 16.3 Å². The van der Waals surface area contributed by atoms with E-state index in [1.54, 1.807) is 18.3 Å². The number of anilines is 1. The van der Waals surface area contributed by atoms with Gasteiger partial charge in [-0.1, -0.05) is 35.9 Å². The summed E-state index contributed by atoms with van der Waals surface area (Å²) in [4.78, 5) is 0. The lowest BCUT2D eigenvalue weighted by Crippen LogP contribution is -1.97. The number of nitrogens with zero attached hydrogens (tertiary/aromatic N) is 3. The second-order valence-corrected chi connectivity index (χ2v) is 5.04. The number of rotatable bonds is 4. The highest BCUT2D eigenvalue weighted by Crippen LogP contribution is 2.26. The van der Waals surface area contributed by atoms with E-state index in [1.807, 2.05) is 24.3 Å². The Morgan fingerprint density at radius 1 is 1.17 bits per heavy atom. The maximum absolute atomic E-state index is 9.57. The van der Waals surface area contributed by atoms with Crippen molar-refractivity contribution in [2.24, 2.45) is 5.10 Å². The van der Waals surface area contributed by atoms with Gasteiger partial charge >= 0.3 is 0 Å². The molecule has 0 atom stereocenters. The summed E-state index contributed by atoms with van der Waals surface area (Å²) in [5, 5.41) is 23.6. The van der Waals surface area contributed by atoms with E-state index in [1.165, 1.54) is 13.2 Å². The zero-order valence-electron chi connectivity index (χ0n) is 12.2. The number of phenols is 1.